The lowest BCUT2D eigenvalue weighted by molar-refractivity contribution is -0.132. The van der Waals surface area contributed by atoms with Crippen molar-refractivity contribution in [3.63, 3.8) is 0 Å². The molecule has 1 aliphatic rings. The lowest BCUT2D eigenvalue weighted by Crippen LogP contribution is -2.31. The van der Waals surface area contributed by atoms with Crippen LogP contribution in [0.2, 0.25) is 5.02 Å². The quantitative estimate of drug-likeness (QED) is 0.417. The Morgan fingerprint density at radius 1 is 0.929 bits per heavy atom. The Bertz CT molecular complexity index is 1070. The van der Waals surface area contributed by atoms with E-state index in [1.54, 1.807) is 60.7 Å². The Morgan fingerprint density at radius 3 is 2.21 bits per heavy atom. The second kappa shape index (κ2) is 7.25. The molecule has 2 heterocycles. The molecule has 0 spiro atoms. The second-order valence-corrected chi connectivity index (χ2v) is 6.57. The maximum Gasteiger partial charge on any atom is 0.302 e. The van der Waals surface area contributed by atoms with Gasteiger partial charge in [0.05, 0.1) is 11.6 Å². The number of aliphatic hydroxyl groups is 1. The minimum atomic E-state index is -0.875. The van der Waals surface area contributed by atoms with Gasteiger partial charge in [0.1, 0.15) is 5.76 Å². The highest BCUT2D eigenvalue weighted by atomic mass is 35.5. The van der Waals surface area contributed by atoms with Crippen molar-refractivity contribution in [1.29, 1.82) is 0 Å². The molecule has 28 heavy (non-hydrogen) atoms. The molecule has 138 valence electrons. The summed E-state index contributed by atoms with van der Waals surface area (Å²) in [7, 11) is 0. The van der Waals surface area contributed by atoms with E-state index in [0.29, 0.717) is 16.1 Å². The van der Waals surface area contributed by atoms with E-state index in [9.17, 15) is 14.7 Å². The third-order valence-corrected chi connectivity index (χ3v) is 4.70. The fourth-order valence-corrected chi connectivity index (χ4v) is 3.29. The van der Waals surface area contributed by atoms with Gasteiger partial charge in [0.15, 0.2) is 0 Å². The van der Waals surface area contributed by atoms with Crippen LogP contribution in [-0.4, -0.2) is 26.8 Å². The molecule has 1 fully saturated rings. The first kappa shape index (κ1) is 17.9. The van der Waals surface area contributed by atoms with Gasteiger partial charge in [0.2, 0.25) is 5.95 Å². The number of hydrogen-bond donors (Lipinski definition) is 1. The van der Waals surface area contributed by atoms with Crippen LogP contribution >= 0.6 is 11.6 Å². The van der Waals surface area contributed by atoms with Crippen LogP contribution in [0.15, 0.2) is 78.6 Å². The zero-order valence-electron chi connectivity index (χ0n) is 14.5. The zero-order chi connectivity index (χ0) is 19.7. The molecule has 2 aromatic carbocycles. The molecule has 4 rings (SSSR count). The smallest absolute Gasteiger partial charge is 0.302 e. The number of halogens is 1. The molecule has 1 atom stereocenters. The largest absolute Gasteiger partial charge is 0.507 e. The number of amides is 1. The van der Waals surface area contributed by atoms with Gasteiger partial charge in [-0.2, -0.15) is 0 Å². The summed E-state index contributed by atoms with van der Waals surface area (Å²) in [5.41, 5.74) is 1.02. The van der Waals surface area contributed by atoms with E-state index in [0.717, 1.165) is 0 Å². The maximum absolute atomic E-state index is 12.9. The number of ketones is 1. The third-order valence-electron chi connectivity index (χ3n) is 4.45. The molecule has 1 saturated heterocycles. The predicted molar refractivity (Wildman–Crippen MR) is 105 cm³/mol. The third kappa shape index (κ3) is 3.04. The number of carbonyl (C=O) groups excluding carboxylic acids is 2. The van der Waals surface area contributed by atoms with Gasteiger partial charge in [-0.25, -0.2) is 9.97 Å². The average molecular weight is 392 g/mol. The number of benzene rings is 2. The lowest BCUT2D eigenvalue weighted by atomic mass is 9.95. The Morgan fingerprint density at radius 2 is 1.57 bits per heavy atom. The number of aliphatic hydroxyl groups excluding tert-OH is 1. The molecule has 1 aromatic heterocycles. The molecule has 3 aromatic rings. The van der Waals surface area contributed by atoms with Crippen molar-refractivity contribution in [2.75, 3.05) is 4.90 Å². The molecule has 1 N–H and O–H groups in total. The molecular weight excluding hydrogens is 378 g/mol. The van der Waals surface area contributed by atoms with Crippen molar-refractivity contribution < 1.29 is 14.7 Å². The van der Waals surface area contributed by atoms with E-state index in [-0.39, 0.29) is 17.3 Å². The minimum Gasteiger partial charge on any atom is -0.507 e. The molecule has 7 heteroatoms. The van der Waals surface area contributed by atoms with Crippen LogP contribution in [-0.2, 0) is 9.59 Å². The lowest BCUT2D eigenvalue weighted by Gasteiger charge is -2.23. The highest BCUT2D eigenvalue weighted by molar-refractivity contribution is 6.51. The van der Waals surface area contributed by atoms with Crippen molar-refractivity contribution >= 4 is 35.0 Å². The molecule has 0 aliphatic carbocycles. The summed E-state index contributed by atoms with van der Waals surface area (Å²) in [5.74, 6) is -1.77. The normalized spacial score (nSPS) is 18.5. The number of Topliss-reactive ketones (excluding diaryl/α,β-unsaturated/α-hetero) is 1. The summed E-state index contributed by atoms with van der Waals surface area (Å²) in [5, 5.41) is 11.4. The summed E-state index contributed by atoms with van der Waals surface area (Å²) in [6.07, 6.45) is 2.97. The number of carbonyl (C=O) groups is 2. The van der Waals surface area contributed by atoms with E-state index < -0.39 is 17.7 Å². The zero-order valence-corrected chi connectivity index (χ0v) is 15.2. The molecule has 1 unspecified atom stereocenters. The molecule has 6 nitrogen and oxygen atoms in total. The number of rotatable bonds is 3. The van der Waals surface area contributed by atoms with Crippen LogP contribution in [0.25, 0.3) is 5.76 Å². The van der Waals surface area contributed by atoms with Gasteiger partial charge >= 0.3 is 5.91 Å². The van der Waals surface area contributed by atoms with Crippen LogP contribution in [0.3, 0.4) is 0 Å². The molecule has 0 bridgehead atoms. The minimum absolute atomic E-state index is 0.0222. The van der Waals surface area contributed by atoms with E-state index in [2.05, 4.69) is 9.97 Å². The van der Waals surface area contributed by atoms with Gasteiger partial charge < -0.3 is 5.11 Å². The Kier molecular flexibility index (Phi) is 4.63. The van der Waals surface area contributed by atoms with Gasteiger partial charge in [-0.05, 0) is 23.8 Å². The van der Waals surface area contributed by atoms with Crippen LogP contribution < -0.4 is 4.90 Å². The van der Waals surface area contributed by atoms with Gasteiger partial charge in [-0.1, -0.05) is 54.1 Å². The van der Waals surface area contributed by atoms with E-state index >= 15 is 0 Å². The maximum atomic E-state index is 12.9. The van der Waals surface area contributed by atoms with Crippen molar-refractivity contribution in [1.82, 2.24) is 9.97 Å². The molecule has 1 aliphatic heterocycles. The van der Waals surface area contributed by atoms with Gasteiger partial charge in [0.25, 0.3) is 5.78 Å². The first-order chi connectivity index (χ1) is 13.6. The number of nitrogens with zero attached hydrogens (tertiary/aromatic N) is 3. The molecule has 1 amide bonds. The molecular formula is C21H14ClN3O3. The fourth-order valence-electron chi connectivity index (χ4n) is 3.17. The highest BCUT2D eigenvalue weighted by Crippen LogP contribution is 2.41. The fraction of sp³-hybridized carbons (Fsp3) is 0.0476. The van der Waals surface area contributed by atoms with Crippen molar-refractivity contribution in [2.24, 2.45) is 0 Å². The average Bonchev–Trinajstić information content (AvgIpc) is 3.00. The van der Waals surface area contributed by atoms with Gasteiger partial charge in [-0.15, -0.1) is 0 Å². The molecule has 0 saturated carbocycles. The Hall–Kier alpha value is -3.51. The van der Waals surface area contributed by atoms with Crippen molar-refractivity contribution in [3.05, 3.63) is 94.8 Å². The first-order valence-electron chi connectivity index (χ1n) is 8.47. The van der Waals surface area contributed by atoms with Crippen molar-refractivity contribution in [3.8, 4) is 0 Å². The van der Waals surface area contributed by atoms with E-state index in [1.165, 1.54) is 17.3 Å². The topological polar surface area (TPSA) is 83.4 Å². The summed E-state index contributed by atoms with van der Waals surface area (Å²) in [6.45, 7) is 0. The summed E-state index contributed by atoms with van der Waals surface area (Å²) in [6, 6.07) is 16.1. The van der Waals surface area contributed by atoms with Gasteiger partial charge in [-0.3, -0.25) is 14.5 Å². The van der Waals surface area contributed by atoms with Crippen LogP contribution in [0.5, 0.6) is 0 Å². The SMILES string of the molecule is O=C1C(=O)N(c2ncccn2)C(c2ccc(Cl)cc2)/C1=C(\O)c1ccccc1. The van der Waals surface area contributed by atoms with Gasteiger partial charge in [0, 0.05) is 23.0 Å². The molecule has 0 radical (unpaired) electrons. The van der Waals surface area contributed by atoms with Crippen LogP contribution in [0, 0.1) is 0 Å². The predicted octanol–water partition coefficient (Wildman–Crippen LogP) is 3.76. The Balaban J connectivity index is 1.95. The monoisotopic (exact) mass is 391 g/mol. The summed E-state index contributed by atoms with van der Waals surface area (Å²) in [4.78, 5) is 35.1. The summed E-state index contributed by atoms with van der Waals surface area (Å²) >= 11 is 5.99. The van der Waals surface area contributed by atoms with E-state index in [4.69, 9.17) is 11.6 Å². The van der Waals surface area contributed by atoms with Crippen LogP contribution in [0.1, 0.15) is 17.2 Å². The Labute approximate surface area is 165 Å². The second-order valence-electron chi connectivity index (χ2n) is 6.14. The van der Waals surface area contributed by atoms with Crippen LogP contribution in [0.4, 0.5) is 5.95 Å². The van der Waals surface area contributed by atoms with E-state index in [1.807, 2.05) is 0 Å². The van der Waals surface area contributed by atoms with Crippen molar-refractivity contribution in [2.45, 2.75) is 6.04 Å². The standard InChI is InChI=1S/C21H14ClN3O3/c22-15-9-7-13(8-10-15)17-16(18(26)14-5-2-1-3-6-14)19(27)20(28)25(17)21-23-11-4-12-24-21/h1-12,17,26H/b18-16+. The number of hydrogen-bond acceptors (Lipinski definition) is 5. The number of anilines is 1. The summed E-state index contributed by atoms with van der Waals surface area (Å²) < 4.78 is 0. The highest BCUT2D eigenvalue weighted by Gasteiger charge is 2.48. The first-order valence-corrected chi connectivity index (χ1v) is 8.84. The number of aromatic nitrogens is 2.